The molecule has 4 nitrogen and oxygen atoms in total. The van der Waals surface area contributed by atoms with Gasteiger partial charge in [-0.2, -0.15) is 0 Å². The van der Waals surface area contributed by atoms with E-state index in [1.807, 2.05) is 24.3 Å². The van der Waals surface area contributed by atoms with E-state index >= 15 is 0 Å². The van der Waals surface area contributed by atoms with E-state index in [0.717, 1.165) is 11.1 Å². The fraction of sp³-hybridized carbons (Fsp3) is 0.300. The Bertz CT molecular complexity index is 313. The molecule has 0 radical (unpaired) electrons. The van der Waals surface area contributed by atoms with Crippen LogP contribution in [0.4, 0.5) is 0 Å². The summed E-state index contributed by atoms with van der Waals surface area (Å²) in [6, 6.07) is 7.58. The van der Waals surface area contributed by atoms with Crippen LogP contribution >= 0.6 is 0 Å². The minimum absolute atomic E-state index is 0.173. The first kappa shape index (κ1) is 10.7. The average molecular weight is 194 g/mol. The minimum Gasteiger partial charge on any atom is -0.326 e. The van der Waals surface area contributed by atoms with Gasteiger partial charge >= 0.3 is 0 Å². The lowest BCUT2D eigenvalue weighted by molar-refractivity contribution is -0.130. The Morgan fingerprint density at radius 3 is 2.64 bits per heavy atom. The number of carbonyl (C=O) groups is 1. The highest BCUT2D eigenvalue weighted by atomic mass is 16.6. The Morgan fingerprint density at radius 2 is 2.07 bits per heavy atom. The molecule has 1 aromatic rings. The maximum absolute atomic E-state index is 11.2. The first-order valence-corrected chi connectivity index (χ1v) is 4.36. The van der Waals surface area contributed by atoms with E-state index in [1.165, 1.54) is 7.11 Å². The normalized spacial score (nSPS) is 9.86. The largest absolute Gasteiger partial charge is 0.326 e. The lowest BCUT2D eigenvalue weighted by atomic mass is 10.0. The maximum Gasteiger partial charge on any atom is 0.247 e. The van der Waals surface area contributed by atoms with Crippen LogP contribution in [0.5, 0.6) is 0 Å². The average Bonchev–Trinajstić information content (AvgIpc) is 2.19. The molecule has 0 unspecified atom stereocenters. The van der Waals surface area contributed by atoms with Crippen molar-refractivity contribution in [1.29, 1.82) is 0 Å². The van der Waals surface area contributed by atoms with Crippen molar-refractivity contribution in [2.24, 2.45) is 5.73 Å². The third kappa shape index (κ3) is 2.83. The Balaban J connectivity index is 2.70. The molecule has 0 aliphatic rings. The smallest absolute Gasteiger partial charge is 0.247 e. The summed E-state index contributed by atoms with van der Waals surface area (Å²) in [5, 5.41) is 0. The molecule has 0 atom stereocenters. The van der Waals surface area contributed by atoms with E-state index in [4.69, 9.17) is 5.73 Å². The van der Waals surface area contributed by atoms with Crippen molar-refractivity contribution in [3.05, 3.63) is 35.4 Å². The fourth-order valence-electron chi connectivity index (χ4n) is 1.25. The summed E-state index contributed by atoms with van der Waals surface area (Å²) < 4.78 is 0. The lowest BCUT2D eigenvalue weighted by Gasteiger charge is -2.06. The zero-order chi connectivity index (χ0) is 10.4. The number of hydrogen-bond donors (Lipinski definition) is 2. The van der Waals surface area contributed by atoms with Gasteiger partial charge in [0.05, 0.1) is 13.5 Å². The number of benzene rings is 1. The number of hydrogen-bond acceptors (Lipinski definition) is 3. The molecule has 0 spiro atoms. The highest BCUT2D eigenvalue weighted by Gasteiger charge is 2.05. The molecule has 4 heteroatoms. The molecule has 0 bridgehead atoms. The van der Waals surface area contributed by atoms with Gasteiger partial charge in [0.25, 0.3) is 0 Å². The van der Waals surface area contributed by atoms with Gasteiger partial charge in [0, 0.05) is 6.54 Å². The fourth-order valence-corrected chi connectivity index (χ4v) is 1.25. The topological polar surface area (TPSA) is 64.3 Å². The Labute approximate surface area is 83.0 Å². The molecule has 0 saturated carbocycles. The number of amides is 1. The predicted octanol–water partition coefficient (Wildman–Crippen LogP) is 0.365. The van der Waals surface area contributed by atoms with Gasteiger partial charge < -0.3 is 5.73 Å². The summed E-state index contributed by atoms with van der Waals surface area (Å²) in [7, 11) is 1.41. The van der Waals surface area contributed by atoms with Crippen LogP contribution < -0.4 is 11.2 Å². The standard InChI is InChI=1S/C10H14N2O2/c1-14-12-10(13)6-8-4-2-3-5-9(8)7-11/h2-5H,6-7,11H2,1H3,(H,12,13). The number of rotatable bonds is 4. The predicted molar refractivity (Wildman–Crippen MR) is 53.2 cm³/mol. The summed E-state index contributed by atoms with van der Waals surface area (Å²) >= 11 is 0. The van der Waals surface area contributed by atoms with Crippen LogP contribution in [0, 0.1) is 0 Å². The number of nitrogens with one attached hydrogen (secondary N) is 1. The van der Waals surface area contributed by atoms with Crippen molar-refractivity contribution in [2.45, 2.75) is 13.0 Å². The van der Waals surface area contributed by atoms with Gasteiger partial charge in [-0.25, -0.2) is 5.48 Å². The Kier molecular flexibility index (Phi) is 4.10. The first-order valence-electron chi connectivity index (χ1n) is 4.36. The van der Waals surface area contributed by atoms with Crippen LogP contribution in [-0.4, -0.2) is 13.0 Å². The van der Waals surface area contributed by atoms with Gasteiger partial charge in [-0.3, -0.25) is 9.63 Å². The molecule has 0 aliphatic heterocycles. The minimum atomic E-state index is -0.173. The third-order valence-electron chi connectivity index (χ3n) is 1.91. The van der Waals surface area contributed by atoms with E-state index in [2.05, 4.69) is 10.3 Å². The van der Waals surface area contributed by atoms with Gasteiger partial charge in [0.1, 0.15) is 0 Å². The number of hydroxylamine groups is 1. The highest BCUT2D eigenvalue weighted by molar-refractivity contribution is 5.77. The van der Waals surface area contributed by atoms with Gasteiger partial charge in [0.15, 0.2) is 0 Å². The first-order chi connectivity index (χ1) is 6.77. The molecule has 1 rings (SSSR count). The number of nitrogens with two attached hydrogens (primary N) is 1. The summed E-state index contributed by atoms with van der Waals surface area (Å²) in [5.74, 6) is -0.173. The molecule has 0 aromatic heterocycles. The lowest BCUT2D eigenvalue weighted by Crippen LogP contribution is -2.24. The van der Waals surface area contributed by atoms with E-state index in [-0.39, 0.29) is 5.91 Å². The van der Waals surface area contributed by atoms with Crippen LogP contribution in [0.3, 0.4) is 0 Å². The monoisotopic (exact) mass is 194 g/mol. The van der Waals surface area contributed by atoms with Crippen molar-refractivity contribution >= 4 is 5.91 Å². The van der Waals surface area contributed by atoms with Crippen LogP contribution in [0.15, 0.2) is 24.3 Å². The van der Waals surface area contributed by atoms with Gasteiger partial charge in [-0.05, 0) is 11.1 Å². The molecular formula is C10H14N2O2. The van der Waals surface area contributed by atoms with Crippen molar-refractivity contribution in [3.8, 4) is 0 Å². The maximum atomic E-state index is 11.2. The van der Waals surface area contributed by atoms with Crippen LogP contribution in [-0.2, 0) is 22.6 Å². The molecular weight excluding hydrogens is 180 g/mol. The van der Waals surface area contributed by atoms with E-state index in [1.54, 1.807) is 0 Å². The molecule has 76 valence electrons. The molecule has 1 amide bonds. The number of carbonyl (C=O) groups excluding carboxylic acids is 1. The third-order valence-corrected chi connectivity index (χ3v) is 1.91. The van der Waals surface area contributed by atoms with Gasteiger partial charge in [-0.1, -0.05) is 24.3 Å². The summed E-state index contributed by atoms with van der Waals surface area (Å²) in [6.07, 6.45) is 0.293. The second-order valence-electron chi connectivity index (χ2n) is 2.88. The second-order valence-corrected chi connectivity index (χ2v) is 2.88. The molecule has 0 aliphatic carbocycles. The molecule has 0 fully saturated rings. The van der Waals surface area contributed by atoms with Crippen molar-refractivity contribution in [1.82, 2.24) is 5.48 Å². The Hall–Kier alpha value is -1.39. The SMILES string of the molecule is CONC(=O)Cc1ccccc1CN. The second kappa shape index (κ2) is 5.36. The van der Waals surface area contributed by atoms with Crippen molar-refractivity contribution < 1.29 is 9.63 Å². The van der Waals surface area contributed by atoms with Crippen LogP contribution in [0.2, 0.25) is 0 Å². The molecule has 0 heterocycles. The van der Waals surface area contributed by atoms with E-state index in [9.17, 15) is 4.79 Å². The van der Waals surface area contributed by atoms with Gasteiger partial charge in [0.2, 0.25) is 5.91 Å². The molecule has 14 heavy (non-hydrogen) atoms. The van der Waals surface area contributed by atoms with E-state index < -0.39 is 0 Å². The zero-order valence-electron chi connectivity index (χ0n) is 8.12. The molecule has 3 N–H and O–H groups in total. The van der Waals surface area contributed by atoms with Gasteiger partial charge in [-0.15, -0.1) is 0 Å². The summed E-state index contributed by atoms with van der Waals surface area (Å²) in [6.45, 7) is 0.441. The molecule has 0 saturated heterocycles. The van der Waals surface area contributed by atoms with Crippen molar-refractivity contribution in [3.63, 3.8) is 0 Å². The van der Waals surface area contributed by atoms with Crippen LogP contribution in [0.25, 0.3) is 0 Å². The Morgan fingerprint density at radius 1 is 1.43 bits per heavy atom. The summed E-state index contributed by atoms with van der Waals surface area (Å²) in [5.41, 5.74) is 9.72. The molecule has 1 aromatic carbocycles. The highest BCUT2D eigenvalue weighted by Crippen LogP contribution is 2.08. The van der Waals surface area contributed by atoms with Crippen molar-refractivity contribution in [2.75, 3.05) is 7.11 Å². The quantitative estimate of drug-likeness (QED) is 0.680. The van der Waals surface area contributed by atoms with E-state index in [0.29, 0.717) is 13.0 Å². The summed E-state index contributed by atoms with van der Waals surface area (Å²) in [4.78, 5) is 15.7. The van der Waals surface area contributed by atoms with Crippen LogP contribution in [0.1, 0.15) is 11.1 Å². The zero-order valence-corrected chi connectivity index (χ0v) is 8.12.